The lowest BCUT2D eigenvalue weighted by Gasteiger charge is -2.27. The van der Waals surface area contributed by atoms with Gasteiger partial charge in [0.2, 0.25) is 5.91 Å². The largest absolute Gasteiger partial charge is 0.376 e. The summed E-state index contributed by atoms with van der Waals surface area (Å²) in [5, 5.41) is 0. The molecule has 0 spiro atoms. The molecule has 86 valence electrons. The summed E-state index contributed by atoms with van der Waals surface area (Å²) in [6.45, 7) is 3.07. The van der Waals surface area contributed by atoms with Crippen molar-refractivity contribution in [1.29, 1.82) is 0 Å². The van der Waals surface area contributed by atoms with Gasteiger partial charge in [-0.05, 0) is 31.7 Å². The molecule has 15 heavy (non-hydrogen) atoms. The Kier molecular flexibility index (Phi) is 3.59. The number of nitrogens with two attached hydrogens (primary N) is 1. The molecule has 2 fully saturated rings. The Labute approximate surface area is 90.8 Å². The highest BCUT2D eigenvalue weighted by atomic mass is 16.5. The minimum Gasteiger partial charge on any atom is -0.376 e. The van der Waals surface area contributed by atoms with E-state index in [1.54, 1.807) is 0 Å². The van der Waals surface area contributed by atoms with Gasteiger partial charge in [-0.3, -0.25) is 4.79 Å². The van der Waals surface area contributed by atoms with Gasteiger partial charge < -0.3 is 15.4 Å². The average molecular weight is 212 g/mol. The summed E-state index contributed by atoms with van der Waals surface area (Å²) in [5.74, 6) is 0.612. The average Bonchev–Trinajstić information content (AvgIpc) is 2.61. The highest BCUT2D eigenvalue weighted by Crippen LogP contribution is 2.20. The van der Waals surface area contributed by atoms with Crippen molar-refractivity contribution >= 4 is 5.91 Å². The van der Waals surface area contributed by atoms with Crippen LogP contribution in [0.15, 0.2) is 0 Å². The maximum absolute atomic E-state index is 11.6. The van der Waals surface area contributed by atoms with Crippen LogP contribution in [0.2, 0.25) is 0 Å². The third-order valence-corrected chi connectivity index (χ3v) is 3.33. The van der Waals surface area contributed by atoms with E-state index in [1.165, 1.54) is 6.42 Å². The number of likely N-dealkylation sites (tertiary alicyclic amines) is 1. The van der Waals surface area contributed by atoms with Gasteiger partial charge in [0.25, 0.3) is 0 Å². The van der Waals surface area contributed by atoms with Gasteiger partial charge in [-0.1, -0.05) is 0 Å². The lowest BCUT2D eigenvalue weighted by atomic mass is 10.1. The number of hydrogen-bond donors (Lipinski definition) is 1. The van der Waals surface area contributed by atoms with Crippen LogP contribution < -0.4 is 5.73 Å². The van der Waals surface area contributed by atoms with Crippen molar-refractivity contribution in [2.24, 2.45) is 11.7 Å². The SMILES string of the molecule is NCC1CC(=O)N(CC2CCCCO2)C1. The van der Waals surface area contributed by atoms with E-state index in [0.29, 0.717) is 18.9 Å². The summed E-state index contributed by atoms with van der Waals surface area (Å²) in [4.78, 5) is 13.6. The maximum atomic E-state index is 11.6. The number of hydrogen-bond acceptors (Lipinski definition) is 3. The first-order chi connectivity index (χ1) is 7.29. The highest BCUT2D eigenvalue weighted by molar-refractivity contribution is 5.78. The summed E-state index contributed by atoms with van der Waals surface area (Å²) >= 11 is 0. The van der Waals surface area contributed by atoms with E-state index >= 15 is 0 Å². The van der Waals surface area contributed by atoms with E-state index < -0.39 is 0 Å². The van der Waals surface area contributed by atoms with Crippen LogP contribution in [0, 0.1) is 5.92 Å². The summed E-state index contributed by atoms with van der Waals surface area (Å²) in [5.41, 5.74) is 5.58. The molecular weight excluding hydrogens is 192 g/mol. The fraction of sp³-hybridized carbons (Fsp3) is 0.909. The summed E-state index contributed by atoms with van der Waals surface area (Å²) in [7, 11) is 0. The van der Waals surface area contributed by atoms with Gasteiger partial charge in [-0.15, -0.1) is 0 Å². The normalized spacial score (nSPS) is 32.3. The third kappa shape index (κ3) is 2.69. The Hall–Kier alpha value is -0.610. The zero-order chi connectivity index (χ0) is 10.7. The third-order valence-electron chi connectivity index (χ3n) is 3.33. The van der Waals surface area contributed by atoms with Gasteiger partial charge in [0, 0.05) is 26.1 Å². The molecule has 2 heterocycles. The van der Waals surface area contributed by atoms with Crippen molar-refractivity contribution in [2.45, 2.75) is 31.8 Å². The standard InChI is InChI=1S/C11H20N2O2/c12-6-9-5-11(14)13(7-9)8-10-3-1-2-4-15-10/h9-10H,1-8,12H2. The van der Waals surface area contributed by atoms with Crippen LogP contribution in [0.25, 0.3) is 0 Å². The smallest absolute Gasteiger partial charge is 0.223 e. The van der Waals surface area contributed by atoms with E-state index in [-0.39, 0.29) is 12.0 Å². The molecular formula is C11H20N2O2. The second kappa shape index (κ2) is 4.94. The van der Waals surface area contributed by atoms with Crippen LogP contribution in [0.4, 0.5) is 0 Å². The predicted molar refractivity (Wildman–Crippen MR) is 57.3 cm³/mol. The molecule has 2 unspecified atom stereocenters. The summed E-state index contributed by atoms with van der Waals surface area (Å²) in [6.07, 6.45) is 4.38. The first-order valence-corrected chi connectivity index (χ1v) is 5.89. The Morgan fingerprint density at radius 1 is 1.47 bits per heavy atom. The van der Waals surface area contributed by atoms with Gasteiger partial charge in [-0.2, -0.15) is 0 Å². The number of carbonyl (C=O) groups is 1. The van der Waals surface area contributed by atoms with Gasteiger partial charge in [0.05, 0.1) is 6.10 Å². The number of nitrogens with zero attached hydrogens (tertiary/aromatic N) is 1. The molecule has 0 aromatic rings. The van der Waals surface area contributed by atoms with Gasteiger partial charge in [0.1, 0.15) is 0 Å². The number of rotatable bonds is 3. The second-order valence-electron chi connectivity index (χ2n) is 4.59. The molecule has 2 rings (SSSR count). The number of amides is 1. The number of ether oxygens (including phenoxy) is 1. The molecule has 4 heteroatoms. The Bertz CT molecular complexity index is 227. The monoisotopic (exact) mass is 212 g/mol. The van der Waals surface area contributed by atoms with Crippen molar-refractivity contribution in [3.8, 4) is 0 Å². The van der Waals surface area contributed by atoms with Gasteiger partial charge in [-0.25, -0.2) is 0 Å². The first-order valence-electron chi connectivity index (χ1n) is 5.89. The van der Waals surface area contributed by atoms with Crippen LogP contribution >= 0.6 is 0 Å². The molecule has 2 atom stereocenters. The molecule has 2 saturated heterocycles. The minimum absolute atomic E-state index is 0.250. The Morgan fingerprint density at radius 2 is 2.33 bits per heavy atom. The molecule has 2 aliphatic heterocycles. The zero-order valence-electron chi connectivity index (χ0n) is 9.15. The summed E-state index contributed by atoms with van der Waals surface area (Å²) < 4.78 is 5.63. The minimum atomic E-state index is 0.250. The van der Waals surface area contributed by atoms with E-state index in [9.17, 15) is 4.79 Å². The molecule has 1 amide bonds. The van der Waals surface area contributed by atoms with Gasteiger partial charge >= 0.3 is 0 Å². The topological polar surface area (TPSA) is 55.6 Å². The van der Waals surface area contributed by atoms with Crippen molar-refractivity contribution in [1.82, 2.24) is 4.90 Å². The zero-order valence-corrected chi connectivity index (χ0v) is 9.15. The molecule has 0 aliphatic carbocycles. The van der Waals surface area contributed by atoms with E-state index in [1.807, 2.05) is 4.90 Å². The van der Waals surface area contributed by atoms with Crippen molar-refractivity contribution in [3.63, 3.8) is 0 Å². The van der Waals surface area contributed by atoms with E-state index in [4.69, 9.17) is 10.5 Å². The van der Waals surface area contributed by atoms with Crippen molar-refractivity contribution < 1.29 is 9.53 Å². The molecule has 2 N–H and O–H groups in total. The fourth-order valence-corrected chi connectivity index (χ4v) is 2.39. The van der Waals surface area contributed by atoms with Gasteiger partial charge in [0.15, 0.2) is 0 Å². The van der Waals surface area contributed by atoms with E-state index in [0.717, 1.165) is 32.5 Å². The maximum Gasteiger partial charge on any atom is 0.223 e. The summed E-state index contributed by atoms with van der Waals surface area (Å²) in [6, 6.07) is 0. The molecule has 0 bridgehead atoms. The van der Waals surface area contributed by atoms with Crippen LogP contribution in [0.1, 0.15) is 25.7 Å². The first kappa shape index (κ1) is 10.9. The predicted octanol–water partition coefficient (Wildman–Crippen LogP) is 0.363. The number of carbonyl (C=O) groups excluding carboxylic acids is 1. The van der Waals surface area contributed by atoms with Crippen LogP contribution in [0.5, 0.6) is 0 Å². The lowest BCUT2D eigenvalue weighted by molar-refractivity contribution is -0.130. The highest BCUT2D eigenvalue weighted by Gasteiger charge is 2.30. The van der Waals surface area contributed by atoms with Crippen molar-refractivity contribution in [3.05, 3.63) is 0 Å². The molecule has 2 aliphatic rings. The lowest BCUT2D eigenvalue weighted by Crippen LogP contribution is -2.37. The Balaban J connectivity index is 1.81. The van der Waals surface area contributed by atoms with Crippen LogP contribution in [0.3, 0.4) is 0 Å². The van der Waals surface area contributed by atoms with E-state index in [2.05, 4.69) is 0 Å². The quantitative estimate of drug-likeness (QED) is 0.735. The van der Waals surface area contributed by atoms with Crippen LogP contribution in [-0.2, 0) is 9.53 Å². The molecule has 0 aromatic carbocycles. The fourth-order valence-electron chi connectivity index (χ4n) is 2.39. The molecule has 0 aromatic heterocycles. The molecule has 0 radical (unpaired) electrons. The molecule has 0 saturated carbocycles. The van der Waals surface area contributed by atoms with Crippen molar-refractivity contribution in [2.75, 3.05) is 26.2 Å². The Morgan fingerprint density at radius 3 is 2.93 bits per heavy atom. The second-order valence-corrected chi connectivity index (χ2v) is 4.59. The molecule has 4 nitrogen and oxygen atoms in total. The van der Waals surface area contributed by atoms with Crippen LogP contribution in [-0.4, -0.2) is 43.2 Å².